The van der Waals surface area contributed by atoms with Crippen molar-refractivity contribution in [2.24, 2.45) is 5.92 Å². The second kappa shape index (κ2) is 6.92. The van der Waals surface area contributed by atoms with Crippen molar-refractivity contribution in [3.05, 3.63) is 0 Å². The van der Waals surface area contributed by atoms with E-state index in [1.54, 1.807) is 4.90 Å². The van der Waals surface area contributed by atoms with E-state index in [0.717, 1.165) is 32.4 Å². The second-order valence-corrected chi connectivity index (χ2v) is 5.83. The first kappa shape index (κ1) is 15.1. The van der Waals surface area contributed by atoms with Crippen molar-refractivity contribution in [3.63, 3.8) is 0 Å². The number of carbonyl (C=O) groups is 2. The monoisotopic (exact) mass is 284 g/mol. The number of likely N-dealkylation sites (tertiary alicyclic amines) is 1. The summed E-state index contributed by atoms with van der Waals surface area (Å²) in [6, 6.07) is -0.358. The molecule has 0 saturated carbocycles. The number of hydrogen-bond acceptors (Lipinski definition) is 3. The standard InChI is InChI=1S/C14H24N2O4/c1-11-3-2-5-15(6-4-11)14(19)16-7-8-20-10-12(16)9-13(17)18/h11-12H,2-10H2,1H3,(H,17,18). The maximum atomic E-state index is 12.6. The summed E-state index contributed by atoms with van der Waals surface area (Å²) in [6.07, 6.45) is 3.17. The Morgan fingerprint density at radius 2 is 2.05 bits per heavy atom. The van der Waals surface area contributed by atoms with E-state index in [4.69, 9.17) is 9.84 Å². The molecule has 1 N–H and O–H groups in total. The average Bonchev–Trinajstić information content (AvgIpc) is 2.63. The summed E-state index contributed by atoms with van der Waals surface area (Å²) < 4.78 is 5.32. The zero-order chi connectivity index (χ0) is 14.5. The first-order valence-electron chi connectivity index (χ1n) is 7.43. The maximum Gasteiger partial charge on any atom is 0.320 e. The highest BCUT2D eigenvalue weighted by Gasteiger charge is 2.32. The van der Waals surface area contributed by atoms with Gasteiger partial charge in [0.05, 0.1) is 25.7 Å². The fraction of sp³-hybridized carbons (Fsp3) is 0.857. The van der Waals surface area contributed by atoms with Gasteiger partial charge in [-0.2, -0.15) is 0 Å². The summed E-state index contributed by atoms with van der Waals surface area (Å²) in [6.45, 7) is 5.07. The second-order valence-electron chi connectivity index (χ2n) is 5.83. The lowest BCUT2D eigenvalue weighted by atomic mass is 10.0. The van der Waals surface area contributed by atoms with E-state index in [1.165, 1.54) is 0 Å². The first-order chi connectivity index (χ1) is 9.58. The molecule has 20 heavy (non-hydrogen) atoms. The number of amides is 2. The normalized spacial score (nSPS) is 28.1. The third kappa shape index (κ3) is 3.85. The highest BCUT2D eigenvalue weighted by Crippen LogP contribution is 2.20. The molecular weight excluding hydrogens is 260 g/mol. The fourth-order valence-corrected chi connectivity index (χ4v) is 2.91. The van der Waals surface area contributed by atoms with Crippen molar-refractivity contribution in [2.45, 2.75) is 38.6 Å². The molecule has 2 heterocycles. The molecule has 2 rings (SSSR count). The smallest absolute Gasteiger partial charge is 0.320 e. The van der Waals surface area contributed by atoms with E-state index in [-0.39, 0.29) is 18.5 Å². The molecule has 2 unspecified atom stereocenters. The van der Waals surface area contributed by atoms with Gasteiger partial charge in [-0.15, -0.1) is 0 Å². The van der Waals surface area contributed by atoms with Crippen LogP contribution in [-0.2, 0) is 9.53 Å². The number of aliphatic carboxylic acids is 1. The van der Waals surface area contributed by atoms with Crippen molar-refractivity contribution in [3.8, 4) is 0 Å². The van der Waals surface area contributed by atoms with Crippen LogP contribution in [0.15, 0.2) is 0 Å². The molecule has 2 aliphatic rings. The molecule has 114 valence electrons. The average molecular weight is 284 g/mol. The third-order valence-electron chi connectivity index (χ3n) is 4.17. The summed E-state index contributed by atoms with van der Waals surface area (Å²) in [5, 5.41) is 8.95. The van der Waals surface area contributed by atoms with Crippen molar-refractivity contribution in [1.82, 2.24) is 9.80 Å². The van der Waals surface area contributed by atoms with Gasteiger partial charge in [0, 0.05) is 19.6 Å². The number of ether oxygens (including phenoxy) is 1. The summed E-state index contributed by atoms with van der Waals surface area (Å²) in [5.41, 5.74) is 0. The van der Waals surface area contributed by atoms with Gasteiger partial charge < -0.3 is 19.6 Å². The van der Waals surface area contributed by atoms with Crippen LogP contribution in [0, 0.1) is 5.92 Å². The predicted octanol–water partition coefficient (Wildman–Crippen LogP) is 1.40. The van der Waals surface area contributed by atoms with E-state index in [9.17, 15) is 9.59 Å². The van der Waals surface area contributed by atoms with Crippen LogP contribution in [0.2, 0.25) is 0 Å². The van der Waals surface area contributed by atoms with Gasteiger partial charge in [0.1, 0.15) is 0 Å². The number of morpholine rings is 1. The quantitative estimate of drug-likeness (QED) is 0.832. The number of carbonyl (C=O) groups excluding carboxylic acids is 1. The van der Waals surface area contributed by atoms with Crippen molar-refractivity contribution in [1.29, 1.82) is 0 Å². The Kier molecular flexibility index (Phi) is 5.23. The van der Waals surface area contributed by atoms with Crippen LogP contribution in [0.1, 0.15) is 32.6 Å². The number of carboxylic acids is 1. The maximum absolute atomic E-state index is 12.6. The lowest BCUT2D eigenvalue weighted by molar-refractivity contribution is -0.139. The van der Waals surface area contributed by atoms with E-state index >= 15 is 0 Å². The van der Waals surface area contributed by atoms with Gasteiger partial charge in [-0.05, 0) is 25.2 Å². The SMILES string of the molecule is CC1CCCN(C(=O)N2CCOCC2CC(=O)O)CC1. The molecule has 0 radical (unpaired) electrons. The van der Waals surface area contributed by atoms with E-state index in [2.05, 4.69) is 6.92 Å². The number of carboxylic acid groups (broad SMARTS) is 1. The van der Waals surface area contributed by atoms with Crippen molar-refractivity contribution in [2.75, 3.05) is 32.8 Å². The Hall–Kier alpha value is -1.30. The number of nitrogens with zero attached hydrogens (tertiary/aromatic N) is 2. The van der Waals surface area contributed by atoms with Crippen LogP contribution in [0.5, 0.6) is 0 Å². The lowest BCUT2D eigenvalue weighted by Gasteiger charge is -2.38. The van der Waals surface area contributed by atoms with Crippen LogP contribution < -0.4 is 0 Å². The van der Waals surface area contributed by atoms with Crippen LogP contribution in [0.25, 0.3) is 0 Å². The van der Waals surface area contributed by atoms with Gasteiger partial charge in [-0.3, -0.25) is 4.79 Å². The van der Waals surface area contributed by atoms with E-state index in [0.29, 0.717) is 25.7 Å². The van der Waals surface area contributed by atoms with Crippen LogP contribution >= 0.6 is 0 Å². The molecule has 6 nitrogen and oxygen atoms in total. The largest absolute Gasteiger partial charge is 0.481 e. The Balaban J connectivity index is 1.99. The van der Waals surface area contributed by atoms with Crippen LogP contribution in [0.4, 0.5) is 4.79 Å². The van der Waals surface area contributed by atoms with E-state index in [1.807, 2.05) is 4.90 Å². The zero-order valence-corrected chi connectivity index (χ0v) is 12.1. The van der Waals surface area contributed by atoms with Crippen molar-refractivity contribution >= 4 is 12.0 Å². The van der Waals surface area contributed by atoms with Gasteiger partial charge in [-0.25, -0.2) is 4.79 Å². The highest BCUT2D eigenvalue weighted by molar-refractivity contribution is 5.76. The van der Waals surface area contributed by atoms with Gasteiger partial charge in [-0.1, -0.05) is 6.92 Å². The summed E-state index contributed by atoms with van der Waals surface area (Å²) in [7, 11) is 0. The third-order valence-corrected chi connectivity index (χ3v) is 4.17. The zero-order valence-electron chi connectivity index (χ0n) is 12.1. The Morgan fingerprint density at radius 1 is 1.25 bits per heavy atom. The van der Waals surface area contributed by atoms with Crippen LogP contribution in [-0.4, -0.2) is 65.8 Å². The molecule has 2 fully saturated rings. The van der Waals surface area contributed by atoms with Crippen molar-refractivity contribution < 1.29 is 19.4 Å². The van der Waals surface area contributed by atoms with E-state index < -0.39 is 5.97 Å². The summed E-state index contributed by atoms with van der Waals surface area (Å²) >= 11 is 0. The van der Waals surface area contributed by atoms with Gasteiger partial charge >= 0.3 is 12.0 Å². The molecule has 6 heteroatoms. The molecule has 0 aromatic heterocycles. The molecule has 2 atom stereocenters. The Morgan fingerprint density at radius 3 is 2.80 bits per heavy atom. The van der Waals surface area contributed by atoms with Gasteiger partial charge in [0.15, 0.2) is 0 Å². The first-order valence-corrected chi connectivity index (χ1v) is 7.43. The Bertz CT molecular complexity index is 361. The topological polar surface area (TPSA) is 70.1 Å². The molecule has 2 aliphatic heterocycles. The number of rotatable bonds is 2. The highest BCUT2D eigenvalue weighted by atomic mass is 16.5. The lowest BCUT2D eigenvalue weighted by Crippen LogP contribution is -2.54. The molecule has 0 bridgehead atoms. The summed E-state index contributed by atoms with van der Waals surface area (Å²) in [4.78, 5) is 27.1. The minimum atomic E-state index is -0.886. The molecule has 0 aromatic rings. The summed E-state index contributed by atoms with van der Waals surface area (Å²) in [5.74, 6) is -0.227. The molecule has 2 amide bonds. The minimum Gasteiger partial charge on any atom is -0.481 e. The number of urea groups is 1. The predicted molar refractivity (Wildman–Crippen MR) is 73.5 cm³/mol. The fourth-order valence-electron chi connectivity index (χ4n) is 2.91. The minimum absolute atomic E-state index is 0.0198. The number of hydrogen-bond donors (Lipinski definition) is 1. The van der Waals surface area contributed by atoms with Crippen LogP contribution in [0.3, 0.4) is 0 Å². The molecule has 0 aliphatic carbocycles. The van der Waals surface area contributed by atoms with Gasteiger partial charge in [0.2, 0.25) is 0 Å². The molecule has 0 spiro atoms. The molecule has 2 saturated heterocycles. The molecule has 0 aromatic carbocycles. The molecular formula is C14H24N2O4. The Labute approximate surface area is 119 Å². The van der Waals surface area contributed by atoms with Gasteiger partial charge in [0.25, 0.3) is 0 Å².